The molecule has 0 aromatic heterocycles. The van der Waals surface area contributed by atoms with Crippen LogP contribution in [-0.4, -0.2) is 0 Å². The smallest absolute Gasteiger partial charge is 0.558 e. The molecule has 0 spiro atoms. The average Bonchev–Trinajstić information content (AvgIpc) is 3.39. The molecule has 0 fully saturated rings. The first kappa shape index (κ1) is 74.0. The van der Waals surface area contributed by atoms with Crippen molar-refractivity contribution in [1.29, 1.82) is 0 Å². The van der Waals surface area contributed by atoms with E-state index >= 15 is 0 Å². The maximum absolute atomic E-state index is 10.4. The van der Waals surface area contributed by atoms with E-state index in [0.29, 0.717) is 23.0 Å². The van der Waals surface area contributed by atoms with Gasteiger partial charge >= 0.3 is 54.1 Å². The van der Waals surface area contributed by atoms with E-state index in [1.54, 1.807) is 48.5 Å². The molecular weight excluding hydrogens is 1130 g/mol. The number of hydrogen-bond donors (Lipinski definition) is 0. The van der Waals surface area contributed by atoms with Crippen LogP contribution >= 0.6 is 33.0 Å². The van der Waals surface area contributed by atoms with Crippen LogP contribution < -0.4 is 37.7 Å². The van der Waals surface area contributed by atoms with Gasteiger partial charge in [0.2, 0.25) is 0 Å². The minimum atomic E-state index is -2.81. The zero-order valence-corrected chi connectivity index (χ0v) is 52.5. The first-order valence-corrected chi connectivity index (χ1v) is 32.9. The Morgan fingerprint density at radius 1 is 0.260 bits per heavy atom. The minimum Gasteiger partial charge on any atom is -0.558 e. The summed E-state index contributed by atoms with van der Waals surface area (Å²) in [4.78, 5) is 41.5. The summed E-state index contributed by atoms with van der Waals surface area (Å²) in [7, 11) is -11.2. The van der Waals surface area contributed by atoms with Gasteiger partial charge in [0.25, 0.3) is 0 Å². The van der Waals surface area contributed by atoms with Crippen molar-refractivity contribution in [2.75, 3.05) is 0 Å². The maximum Gasteiger partial charge on any atom is 4.00 e. The standard InChI is InChI=1S/4C15H23O3P.Mo/c4*1-2-3-4-5-6-7-8-9-14-10-12-15(13-11-14)18-19(16)17;/h4*10-13H,2-9H2,1H3;/q;;;;+4. The normalized spacial score (nSPS) is 11.2. The molecule has 0 aliphatic carbocycles. The van der Waals surface area contributed by atoms with Crippen molar-refractivity contribution >= 4 is 33.0 Å². The van der Waals surface area contributed by atoms with Crippen molar-refractivity contribution in [3.63, 3.8) is 0 Å². The maximum atomic E-state index is 10.4. The Balaban J connectivity index is 0.000000996. The van der Waals surface area contributed by atoms with E-state index in [2.05, 4.69) is 45.8 Å². The van der Waals surface area contributed by atoms with E-state index in [9.17, 15) is 37.8 Å². The summed E-state index contributed by atoms with van der Waals surface area (Å²) in [6, 6.07) is 29.2. The van der Waals surface area contributed by atoms with Crippen LogP contribution in [0.1, 0.15) is 230 Å². The van der Waals surface area contributed by atoms with Gasteiger partial charge in [-0.15, -0.1) is 0 Å². The van der Waals surface area contributed by atoms with Crippen molar-refractivity contribution < 1.29 is 77.0 Å². The van der Waals surface area contributed by atoms with Gasteiger partial charge in [-0.1, -0.05) is 230 Å². The molecule has 77 heavy (non-hydrogen) atoms. The summed E-state index contributed by atoms with van der Waals surface area (Å²) in [5.41, 5.74) is 4.95. The van der Waals surface area contributed by atoms with Crippen LogP contribution in [0.2, 0.25) is 0 Å². The number of hydrogen-bond acceptors (Lipinski definition) is 12. The molecular formula is C60H92MoO12P4+4. The van der Waals surface area contributed by atoms with E-state index in [-0.39, 0.29) is 21.1 Å². The number of rotatable bonds is 40. The zero-order chi connectivity index (χ0) is 55.7. The fourth-order valence-electron chi connectivity index (χ4n) is 8.36. The van der Waals surface area contributed by atoms with Crippen LogP contribution in [0, 0.1) is 0 Å². The van der Waals surface area contributed by atoms with Crippen LogP contribution in [0.5, 0.6) is 23.0 Å². The molecule has 0 saturated carbocycles. The molecule has 0 radical (unpaired) electrons. The van der Waals surface area contributed by atoms with Crippen molar-refractivity contribution in [1.82, 2.24) is 0 Å². The predicted octanol–water partition coefficient (Wildman–Crippen LogP) is 17.5. The van der Waals surface area contributed by atoms with E-state index < -0.39 is 33.0 Å². The van der Waals surface area contributed by atoms with Crippen molar-refractivity contribution in [3.05, 3.63) is 119 Å². The molecule has 0 N–H and O–H groups in total. The molecule has 4 rings (SSSR count). The molecule has 0 aliphatic rings. The number of unbranched alkanes of at least 4 members (excludes halogenated alkanes) is 24. The van der Waals surface area contributed by atoms with Crippen LogP contribution in [-0.2, 0) is 65.0 Å². The fourth-order valence-corrected chi connectivity index (χ4v) is 9.53. The quantitative estimate of drug-likeness (QED) is 0.0232. The van der Waals surface area contributed by atoms with Gasteiger partial charge in [-0.25, -0.2) is 0 Å². The Morgan fingerprint density at radius 3 is 0.545 bits per heavy atom. The van der Waals surface area contributed by atoms with Gasteiger partial charge in [0.15, 0.2) is 23.0 Å². The van der Waals surface area contributed by atoms with Crippen molar-refractivity contribution in [2.45, 2.75) is 233 Å². The monoisotopic (exact) mass is 1230 g/mol. The zero-order valence-electron chi connectivity index (χ0n) is 47.0. The van der Waals surface area contributed by atoms with Crippen LogP contribution in [0.25, 0.3) is 0 Å². The largest absolute Gasteiger partial charge is 4.00 e. The third-order valence-electron chi connectivity index (χ3n) is 12.7. The van der Waals surface area contributed by atoms with E-state index in [4.69, 9.17) is 0 Å². The summed E-state index contributed by atoms with van der Waals surface area (Å²) < 4.78 is 60.0. The van der Waals surface area contributed by atoms with Gasteiger partial charge in [-0.3, -0.25) is 18.1 Å². The molecule has 4 unspecified atom stereocenters. The molecule has 0 saturated heterocycles. The van der Waals surface area contributed by atoms with E-state index in [1.165, 1.54) is 202 Å². The Hall–Kier alpha value is -2.99. The summed E-state index contributed by atoms with van der Waals surface area (Å²) >= 11 is 0. The van der Waals surface area contributed by atoms with E-state index in [0.717, 1.165) is 25.7 Å². The molecule has 0 bridgehead atoms. The molecule has 12 nitrogen and oxygen atoms in total. The van der Waals surface area contributed by atoms with Crippen LogP contribution in [0.3, 0.4) is 0 Å². The van der Waals surface area contributed by atoms with Gasteiger partial charge < -0.3 is 19.6 Å². The summed E-state index contributed by atoms with van der Waals surface area (Å²) in [6.45, 7) is 8.93. The molecule has 0 heterocycles. The minimum absolute atomic E-state index is 0. The first-order valence-electron chi connectivity index (χ1n) is 28.5. The van der Waals surface area contributed by atoms with Gasteiger partial charge in [-0.2, -0.15) is 0 Å². The third-order valence-corrected chi connectivity index (χ3v) is 14.1. The van der Waals surface area contributed by atoms with Gasteiger partial charge in [0.1, 0.15) is 0 Å². The predicted molar refractivity (Wildman–Crippen MR) is 305 cm³/mol. The number of benzene rings is 4. The summed E-state index contributed by atoms with van der Waals surface area (Å²) in [5.74, 6) is 1.55. The third kappa shape index (κ3) is 46.5. The molecule has 0 amide bonds. The Labute approximate surface area is 482 Å². The first-order chi connectivity index (χ1) is 36.9. The Morgan fingerprint density at radius 2 is 0.403 bits per heavy atom. The molecule has 4 aromatic carbocycles. The van der Waals surface area contributed by atoms with Crippen LogP contribution in [0.15, 0.2) is 97.1 Å². The average molecular weight is 1230 g/mol. The van der Waals surface area contributed by atoms with Crippen molar-refractivity contribution in [2.24, 2.45) is 0 Å². The second-order valence-electron chi connectivity index (χ2n) is 19.3. The second-order valence-corrected chi connectivity index (χ2v) is 21.8. The number of aryl methyl sites for hydroxylation is 4. The fraction of sp³-hybridized carbons (Fsp3) is 0.600. The van der Waals surface area contributed by atoms with E-state index in [1.807, 2.05) is 48.5 Å². The SMILES string of the molecule is CCCCCCCCCc1ccc(O[P+](=O)[O-])cc1.CCCCCCCCCc1ccc(O[P+](=O)[O-])cc1.CCCCCCCCCc1ccc(O[P+](=O)[O-])cc1.CCCCCCCCCc1ccc(O[P+](=O)[O-])cc1.[Mo+4]. The van der Waals surface area contributed by atoms with Gasteiger partial charge in [0, 0.05) is 0 Å². The topological polar surface area (TPSA) is 197 Å². The Bertz CT molecular complexity index is 1750. The molecule has 426 valence electrons. The van der Waals surface area contributed by atoms with Gasteiger partial charge in [-0.05, 0) is 140 Å². The summed E-state index contributed by atoms with van der Waals surface area (Å²) in [6.07, 6.45) is 40.7. The molecule has 4 atom stereocenters. The molecule has 4 aromatic rings. The summed E-state index contributed by atoms with van der Waals surface area (Å²) in [5, 5.41) is 0. The molecule has 0 aliphatic heterocycles. The second kappa shape index (κ2) is 52.4. The van der Waals surface area contributed by atoms with Gasteiger partial charge in [0.05, 0.1) is 0 Å². The Kier molecular flexibility index (Phi) is 50.4. The molecule has 17 heteroatoms. The van der Waals surface area contributed by atoms with Crippen molar-refractivity contribution in [3.8, 4) is 23.0 Å². The van der Waals surface area contributed by atoms with Crippen LogP contribution in [0.4, 0.5) is 0 Å².